The van der Waals surface area contributed by atoms with Crippen LogP contribution >= 0.6 is 0 Å². The molecule has 0 saturated carbocycles. The zero-order chi connectivity index (χ0) is 10.3. The van der Waals surface area contributed by atoms with Crippen LogP contribution in [0.1, 0.15) is 11.5 Å². The second kappa shape index (κ2) is 2.87. The molecule has 2 heterocycles. The van der Waals surface area contributed by atoms with Gasteiger partial charge in [0.1, 0.15) is 5.76 Å². The minimum atomic E-state index is 0.641. The Labute approximate surface area is 81.5 Å². The Hall–Kier alpha value is -1.78. The molecule has 2 rings (SSSR count). The SMILES string of the molecule is Cc1noc(C)c1-c1c(N)cnn1C. The fourth-order valence-electron chi connectivity index (χ4n) is 1.58. The Balaban J connectivity index is 2.71. The maximum absolute atomic E-state index is 5.82. The van der Waals surface area contributed by atoms with Crippen molar-refractivity contribution in [2.45, 2.75) is 13.8 Å². The molecule has 0 amide bonds. The summed E-state index contributed by atoms with van der Waals surface area (Å²) in [6.07, 6.45) is 1.63. The third-order valence-electron chi connectivity index (χ3n) is 2.24. The van der Waals surface area contributed by atoms with Crippen molar-refractivity contribution >= 4 is 5.69 Å². The van der Waals surface area contributed by atoms with Gasteiger partial charge in [-0.05, 0) is 13.8 Å². The fourth-order valence-corrected chi connectivity index (χ4v) is 1.58. The van der Waals surface area contributed by atoms with Gasteiger partial charge < -0.3 is 10.3 Å². The van der Waals surface area contributed by atoms with Gasteiger partial charge in [-0.15, -0.1) is 0 Å². The Bertz CT molecular complexity index is 386. The van der Waals surface area contributed by atoms with Gasteiger partial charge in [0.25, 0.3) is 0 Å². The maximum Gasteiger partial charge on any atom is 0.143 e. The summed E-state index contributed by atoms with van der Waals surface area (Å²) in [6, 6.07) is 0. The van der Waals surface area contributed by atoms with Gasteiger partial charge in [-0.2, -0.15) is 5.10 Å². The summed E-state index contributed by atoms with van der Waals surface area (Å²) in [6.45, 7) is 3.75. The van der Waals surface area contributed by atoms with E-state index < -0.39 is 0 Å². The third-order valence-corrected chi connectivity index (χ3v) is 2.24. The molecule has 0 atom stereocenters. The van der Waals surface area contributed by atoms with Crippen LogP contribution in [0.5, 0.6) is 0 Å². The van der Waals surface area contributed by atoms with E-state index in [1.165, 1.54) is 0 Å². The lowest BCUT2D eigenvalue weighted by molar-refractivity contribution is 0.393. The first kappa shape index (κ1) is 8.80. The van der Waals surface area contributed by atoms with Crippen LogP contribution in [0.3, 0.4) is 0 Å². The Kier molecular flexibility index (Phi) is 1.80. The van der Waals surface area contributed by atoms with E-state index in [1.54, 1.807) is 10.9 Å². The predicted molar refractivity (Wildman–Crippen MR) is 52.6 cm³/mol. The van der Waals surface area contributed by atoms with Gasteiger partial charge in [-0.1, -0.05) is 5.16 Å². The number of rotatable bonds is 1. The molecule has 2 aromatic rings. The molecule has 2 N–H and O–H groups in total. The zero-order valence-corrected chi connectivity index (χ0v) is 8.40. The molecular weight excluding hydrogens is 180 g/mol. The lowest BCUT2D eigenvalue weighted by Gasteiger charge is -2.01. The predicted octanol–water partition coefficient (Wildman–Crippen LogP) is 1.27. The van der Waals surface area contributed by atoms with Crippen LogP contribution in [0, 0.1) is 13.8 Å². The average molecular weight is 192 g/mol. The molecule has 5 heteroatoms. The highest BCUT2D eigenvalue weighted by atomic mass is 16.5. The topological polar surface area (TPSA) is 69.9 Å². The van der Waals surface area contributed by atoms with E-state index in [0.29, 0.717) is 5.69 Å². The number of anilines is 1. The number of hydrogen-bond donors (Lipinski definition) is 1. The van der Waals surface area contributed by atoms with Crippen LogP contribution in [0.15, 0.2) is 10.7 Å². The van der Waals surface area contributed by atoms with Crippen LogP contribution in [-0.4, -0.2) is 14.9 Å². The molecule has 0 aliphatic heterocycles. The lowest BCUT2D eigenvalue weighted by Crippen LogP contribution is -1.97. The molecular formula is C9H12N4O. The molecule has 0 aromatic carbocycles. The van der Waals surface area contributed by atoms with Crippen molar-refractivity contribution in [3.8, 4) is 11.3 Å². The highest BCUT2D eigenvalue weighted by Gasteiger charge is 2.17. The van der Waals surface area contributed by atoms with Crippen LogP contribution in [0.4, 0.5) is 5.69 Å². The molecule has 0 saturated heterocycles. The van der Waals surface area contributed by atoms with Gasteiger partial charge in [0.05, 0.1) is 28.8 Å². The van der Waals surface area contributed by atoms with Gasteiger partial charge >= 0.3 is 0 Å². The van der Waals surface area contributed by atoms with E-state index in [1.807, 2.05) is 20.9 Å². The summed E-state index contributed by atoms with van der Waals surface area (Å²) in [5.74, 6) is 0.762. The minimum absolute atomic E-state index is 0.641. The number of nitrogens with zero attached hydrogens (tertiary/aromatic N) is 3. The molecule has 0 unspecified atom stereocenters. The Morgan fingerprint density at radius 3 is 2.57 bits per heavy atom. The average Bonchev–Trinajstić information content (AvgIpc) is 2.60. The first-order valence-electron chi connectivity index (χ1n) is 4.32. The smallest absolute Gasteiger partial charge is 0.143 e. The number of nitrogen functional groups attached to an aromatic ring is 1. The molecule has 0 bridgehead atoms. The van der Waals surface area contributed by atoms with E-state index in [2.05, 4.69) is 10.3 Å². The summed E-state index contributed by atoms with van der Waals surface area (Å²) >= 11 is 0. The number of nitrogens with two attached hydrogens (primary N) is 1. The highest BCUT2D eigenvalue weighted by molar-refractivity contribution is 5.75. The quantitative estimate of drug-likeness (QED) is 0.738. The second-order valence-corrected chi connectivity index (χ2v) is 3.27. The highest BCUT2D eigenvalue weighted by Crippen LogP contribution is 2.30. The molecule has 2 aromatic heterocycles. The van der Waals surface area contributed by atoms with E-state index in [9.17, 15) is 0 Å². The van der Waals surface area contributed by atoms with Crippen molar-refractivity contribution in [3.05, 3.63) is 17.7 Å². The van der Waals surface area contributed by atoms with Crippen LogP contribution in [0.2, 0.25) is 0 Å². The monoisotopic (exact) mass is 192 g/mol. The standard InChI is InChI=1S/C9H12N4O/c1-5-8(6(2)14-12-5)9-7(10)4-11-13(9)3/h4H,10H2,1-3H3. The van der Waals surface area contributed by atoms with Crippen LogP contribution in [0.25, 0.3) is 11.3 Å². The van der Waals surface area contributed by atoms with Crippen molar-refractivity contribution < 1.29 is 4.52 Å². The molecule has 0 aliphatic carbocycles. The van der Waals surface area contributed by atoms with E-state index in [-0.39, 0.29) is 0 Å². The number of aromatic nitrogens is 3. The summed E-state index contributed by atoms with van der Waals surface area (Å²) in [7, 11) is 1.84. The van der Waals surface area contributed by atoms with Gasteiger partial charge in [-0.3, -0.25) is 4.68 Å². The van der Waals surface area contributed by atoms with Gasteiger partial charge in [-0.25, -0.2) is 0 Å². The second-order valence-electron chi connectivity index (χ2n) is 3.27. The van der Waals surface area contributed by atoms with Crippen LogP contribution in [-0.2, 0) is 7.05 Å². The lowest BCUT2D eigenvalue weighted by atomic mass is 10.1. The van der Waals surface area contributed by atoms with E-state index in [4.69, 9.17) is 10.3 Å². The summed E-state index contributed by atoms with van der Waals surface area (Å²) in [4.78, 5) is 0. The van der Waals surface area contributed by atoms with E-state index >= 15 is 0 Å². The van der Waals surface area contributed by atoms with Gasteiger partial charge in [0, 0.05) is 7.05 Å². The zero-order valence-electron chi connectivity index (χ0n) is 8.40. The van der Waals surface area contributed by atoms with Gasteiger partial charge in [0.15, 0.2) is 0 Å². The number of hydrogen-bond acceptors (Lipinski definition) is 4. The largest absolute Gasteiger partial charge is 0.396 e. The summed E-state index contributed by atoms with van der Waals surface area (Å²) < 4.78 is 6.81. The van der Waals surface area contributed by atoms with Crippen molar-refractivity contribution in [2.75, 3.05) is 5.73 Å². The molecule has 14 heavy (non-hydrogen) atoms. The maximum atomic E-state index is 5.82. The van der Waals surface area contributed by atoms with Crippen molar-refractivity contribution in [1.82, 2.24) is 14.9 Å². The molecule has 0 spiro atoms. The first-order chi connectivity index (χ1) is 6.61. The molecule has 5 nitrogen and oxygen atoms in total. The normalized spacial score (nSPS) is 10.8. The van der Waals surface area contributed by atoms with Crippen molar-refractivity contribution in [3.63, 3.8) is 0 Å². The first-order valence-corrected chi connectivity index (χ1v) is 4.32. The van der Waals surface area contributed by atoms with Crippen molar-refractivity contribution in [1.29, 1.82) is 0 Å². The molecule has 74 valence electrons. The third kappa shape index (κ3) is 1.09. The van der Waals surface area contributed by atoms with Crippen molar-refractivity contribution in [2.24, 2.45) is 7.05 Å². The summed E-state index contributed by atoms with van der Waals surface area (Å²) in [5, 5.41) is 7.96. The molecule has 0 aliphatic rings. The van der Waals surface area contributed by atoms with Gasteiger partial charge in [0.2, 0.25) is 0 Å². The Morgan fingerprint density at radius 1 is 1.43 bits per heavy atom. The Morgan fingerprint density at radius 2 is 2.14 bits per heavy atom. The molecule has 0 radical (unpaired) electrons. The minimum Gasteiger partial charge on any atom is -0.396 e. The summed E-state index contributed by atoms with van der Waals surface area (Å²) in [5.41, 5.74) is 9.08. The number of aryl methyl sites for hydroxylation is 3. The molecule has 0 fully saturated rings. The fraction of sp³-hybridized carbons (Fsp3) is 0.333. The van der Waals surface area contributed by atoms with Crippen LogP contribution < -0.4 is 5.73 Å². The van der Waals surface area contributed by atoms with E-state index in [0.717, 1.165) is 22.7 Å².